The molecule has 0 amide bonds. The van der Waals surface area contributed by atoms with Crippen LogP contribution in [0.1, 0.15) is 0 Å². The average Bonchev–Trinajstić information content (AvgIpc) is 2.73. The van der Waals surface area contributed by atoms with Gasteiger partial charge in [0.2, 0.25) is 0 Å². The van der Waals surface area contributed by atoms with E-state index in [0.717, 1.165) is 26.2 Å². The van der Waals surface area contributed by atoms with Gasteiger partial charge in [0.1, 0.15) is 23.0 Å². The van der Waals surface area contributed by atoms with Crippen molar-refractivity contribution in [3.8, 4) is 23.0 Å². The van der Waals surface area contributed by atoms with Gasteiger partial charge in [-0.1, -0.05) is 18.2 Å². The third kappa shape index (κ3) is 4.13. The summed E-state index contributed by atoms with van der Waals surface area (Å²) in [5.41, 5.74) is 0. The summed E-state index contributed by atoms with van der Waals surface area (Å²) >= 11 is 0. The highest BCUT2D eigenvalue weighted by atomic mass is 32.2. The molecule has 4 rings (SSSR count). The van der Waals surface area contributed by atoms with E-state index in [4.69, 9.17) is 4.74 Å². The highest BCUT2D eigenvalue weighted by molar-refractivity contribution is 7.97. The highest BCUT2D eigenvalue weighted by Crippen LogP contribution is 2.34. The number of aromatic hydroxyl groups is 2. The van der Waals surface area contributed by atoms with Crippen LogP contribution in [0, 0.1) is 0 Å². The Morgan fingerprint density at radius 1 is 0.464 bits per heavy atom. The van der Waals surface area contributed by atoms with Crippen LogP contribution in [0.2, 0.25) is 0 Å². The van der Waals surface area contributed by atoms with Gasteiger partial charge in [0.25, 0.3) is 0 Å². The third-order valence-electron chi connectivity index (χ3n) is 4.18. The molecule has 4 heteroatoms. The van der Waals surface area contributed by atoms with E-state index in [-0.39, 0.29) is 22.4 Å². The molecule has 28 heavy (non-hydrogen) atoms. The van der Waals surface area contributed by atoms with E-state index in [1.54, 1.807) is 24.3 Å². The lowest BCUT2D eigenvalue weighted by atomic mass is 10.3. The van der Waals surface area contributed by atoms with Gasteiger partial charge in [-0.15, -0.1) is 0 Å². The van der Waals surface area contributed by atoms with Crippen LogP contribution in [0.3, 0.4) is 0 Å². The third-order valence-corrected chi connectivity index (χ3v) is 6.41. The zero-order valence-corrected chi connectivity index (χ0v) is 15.8. The molecule has 2 N–H and O–H groups in total. The summed E-state index contributed by atoms with van der Waals surface area (Å²) in [5.74, 6) is 2.05. The molecule has 0 aliphatic rings. The summed E-state index contributed by atoms with van der Waals surface area (Å²) < 4.78 is 5.89. The maximum Gasteiger partial charge on any atom is 0.166 e. The monoisotopic (exact) mass is 387 g/mol. The molecule has 4 aromatic carbocycles. The van der Waals surface area contributed by atoms with E-state index in [1.807, 2.05) is 66.7 Å². The van der Waals surface area contributed by atoms with Gasteiger partial charge in [-0.2, -0.15) is 0 Å². The number of benzene rings is 4. The Kier molecular flexibility index (Phi) is 5.22. The summed E-state index contributed by atoms with van der Waals surface area (Å²) in [6, 6.07) is 32.2. The second-order valence-corrected chi connectivity index (χ2v) is 8.21. The van der Waals surface area contributed by atoms with Crippen LogP contribution in [0.15, 0.2) is 118 Å². The van der Waals surface area contributed by atoms with Crippen molar-refractivity contribution >= 4 is 10.9 Å². The summed E-state index contributed by atoms with van der Waals surface area (Å²) in [6.45, 7) is 0. The number of hydrogen-bond donors (Lipinski definition) is 2. The minimum Gasteiger partial charge on any atom is -0.508 e. The largest absolute Gasteiger partial charge is 0.508 e. The minimum absolute atomic E-state index is 0.240. The smallest absolute Gasteiger partial charge is 0.166 e. The Morgan fingerprint density at radius 2 is 0.857 bits per heavy atom. The van der Waals surface area contributed by atoms with Gasteiger partial charge < -0.3 is 14.9 Å². The molecule has 138 valence electrons. The van der Waals surface area contributed by atoms with E-state index in [0.29, 0.717) is 0 Å². The fraction of sp³-hybridized carbons (Fsp3) is 0. The molecular weight excluding hydrogens is 368 g/mol. The minimum atomic E-state index is -0.364. The van der Waals surface area contributed by atoms with Crippen molar-refractivity contribution in [2.45, 2.75) is 14.7 Å². The molecule has 0 radical (unpaired) electrons. The normalized spacial score (nSPS) is 10.8. The van der Waals surface area contributed by atoms with Gasteiger partial charge in [-0.05, 0) is 84.9 Å². The SMILES string of the molecule is Oc1ccc([S+](c2ccc(O)cc2)c2ccc(Oc3ccccc3)cc2)cc1. The number of phenols is 2. The average molecular weight is 387 g/mol. The molecule has 3 nitrogen and oxygen atoms in total. The van der Waals surface area contributed by atoms with Gasteiger partial charge in [-0.3, -0.25) is 0 Å². The standard InChI is InChI=1S/C24H18O3S/c25-18-6-12-22(13-7-18)28(23-14-8-19(26)9-15-23)24-16-10-21(11-17-24)27-20-4-2-1-3-5-20/h1-17H,(H-,25,26)/p+1. The van der Waals surface area contributed by atoms with Crippen molar-refractivity contribution in [2.24, 2.45) is 0 Å². The van der Waals surface area contributed by atoms with Crippen LogP contribution in [0.25, 0.3) is 0 Å². The molecule has 0 atom stereocenters. The molecule has 4 aromatic rings. The van der Waals surface area contributed by atoms with Gasteiger partial charge in [0, 0.05) is 0 Å². The lowest BCUT2D eigenvalue weighted by Gasteiger charge is -2.10. The molecule has 0 aliphatic carbocycles. The Hall–Kier alpha value is -3.37. The summed E-state index contributed by atoms with van der Waals surface area (Å²) in [5, 5.41) is 19.3. The molecular formula is C24H19O3S+. The van der Waals surface area contributed by atoms with Gasteiger partial charge in [0.05, 0.1) is 10.9 Å². The first-order chi connectivity index (χ1) is 13.7. The molecule has 0 saturated heterocycles. The summed E-state index contributed by atoms with van der Waals surface area (Å²) in [7, 11) is -0.364. The van der Waals surface area contributed by atoms with Gasteiger partial charge >= 0.3 is 0 Å². The van der Waals surface area contributed by atoms with Crippen LogP contribution in [0.4, 0.5) is 0 Å². The molecule has 0 saturated carbocycles. The van der Waals surface area contributed by atoms with Gasteiger partial charge in [-0.25, -0.2) is 0 Å². The molecule has 0 spiro atoms. The number of phenolic OH excluding ortho intramolecular Hbond substituents is 2. The van der Waals surface area contributed by atoms with Crippen LogP contribution in [0.5, 0.6) is 23.0 Å². The van der Waals surface area contributed by atoms with Crippen molar-refractivity contribution in [1.29, 1.82) is 0 Å². The Labute approximate surface area is 166 Å². The van der Waals surface area contributed by atoms with Gasteiger partial charge in [0.15, 0.2) is 14.7 Å². The zero-order chi connectivity index (χ0) is 19.3. The van der Waals surface area contributed by atoms with Crippen molar-refractivity contribution in [1.82, 2.24) is 0 Å². The highest BCUT2D eigenvalue weighted by Gasteiger charge is 2.28. The quantitative estimate of drug-likeness (QED) is 0.414. The molecule has 0 aliphatic heterocycles. The first kappa shape index (κ1) is 18.0. The molecule has 0 unspecified atom stereocenters. The first-order valence-electron chi connectivity index (χ1n) is 8.84. The summed E-state index contributed by atoms with van der Waals surface area (Å²) in [6.07, 6.45) is 0. The molecule has 0 fully saturated rings. The molecule has 0 aromatic heterocycles. The lowest BCUT2D eigenvalue weighted by Crippen LogP contribution is -2.04. The maximum absolute atomic E-state index is 9.65. The predicted molar refractivity (Wildman–Crippen MR) is 111 cm³/mol. The lowest BCUT2D eigenvalue weighted by molar-refractivity contribution is 0.474. The number of para-hydroxylation sites is 1. The van der Waals surface area contributed by atoms with E-state index < -0.39 is 0 Å². The number of rotatable bonds is 5. The van der Waals surface area contributed by atoms with Crippen molar-refractivity contribution in [3.05, 3.63) is 103 Å². The zero-order valence-electron chi connectivity index (χ0n) is 15.0. The molecule has 0 bridgehead atoms. The fourth-order valence-electron chi connectivity index (χ4n) is 2.84. The van der Waals surface area contributed by atoms with Crippen molar-refractivity contribution in [3.63, 3.8) is 0 Å². The van der Waals surface area contributed by atoms with Crippen LogP contribution in [-0.2, 0) is 10.9 Å². The molecule has 0 heterocycles. The fourth-order valence-corrected chi connectivity index (χ4v) is 4.88. The Bertz CT molecular complexity index is 982. The van der Waals surface area contributed by atoms with Crippen LogP contribution in [-0.4, -0.2) is 10.2 Å². The van der Waals surface area contributed by atoms with Crippen molar-refractivity contribution in [2.75, 3.05) is 0 Å². The van der Waals surface area contributed by atoms with Crippen LogP contribution >= 0.6 is 0 Å². The second kappa shape index (κ2) is 8.11. The number of hydrogen-bond acceptors (Lipinski definition) is 3. The van der Waals surface area contributed by atoms with E-state index in [2.05, 4.69) is 12.1 Å². The topological polar surface area (TPSA) is 49.7 Å². The Balaban J connectivity index is 1.68. The van der Waals surface area contributed by atoms with Crippen molar-refractivity contribution < 1.29 is 14.9 Å². The number of ether oxygens (including phenoxy) is 1. The maximum atomic E-state index is 9.65. The first-order valence-corrected chi connectivity index (χ1v) is 10.1. The summed E-state index contributed by atoms with van der Waals surface area (Å²) in [4.78, 5) is 3.29. The van der Waals surface area contributed by atoms with Crippen LogP contribution < -0.4 is 4.74 Å². The Morgan fingerprint density at radius 3 is 1.32 bits per heavy atom. The van der Waals surface area contributed by atoms with E-state index >= 15 is 0 Å². The van der Waals surface area contributed by atoms with E-state index in [1.165, 1.54) is 0 Å². The second-order valence-electron chi connectivity index (χ2n) is 6.18. The van der Waals surface area contributed by atoms with E-state index in [9.17, 15) is 10.2 Å². The predicted octanol–water partition coefficient (Wildman–Crippen LogP) is 5.99.